The minimum atomic E-state index is -0.284. The summed E-state index contributed by atoms with van der Waals surface area (Å²) in [6.45, 7) is 13.6. The van der Waals surface area contributed by atoms with Crippen molar-refractivity contribution in [2.24, 2.45) is 5.73 Å². The molecule has 3 saturated heterocycles. The van der Waals surface area contributed by atoms with Crippen LogP contribution in [0.3, 0.4) is 0 Å². The van der Waals surface area contributed by atoms with Gasteiger partial charge in [-0.2, -0.15) is 0 Å². The van der Waals surface area contributed by atoms with Gasteiger partial charge in [-0.05, 0) is 12.5 Å². The first-order valence-corrected chi connectivity index (χ1v) is 11.4. The molecule has 0 saturated carbocycles. The summed E-state index contributed by atoms with van der Waals surface area (Å²) in [7, 11) is 0. The number of rotatable bonds is 3. The van der Waals surface area contributed by atoms with Crippen molar-refractivity contribution in [2.75, 3.05) is 78.5 Å². The van der Waals surface area contributed by atoms with Crippen LogP contribution in [0.15, 0.2) is 24.3 Å². The van der Waals surface area contributed by atoms with Crippen LogP contribution in [0.25, 0.3) is 0 Å². The predicted molar refractivity (Wildman–Crippen MR) is 125 cm³/mol. The highest BCUT2D eigenvalue weighted by Crippen LogP contribution is 2.08. The Kier molecular flexibility index (Phi) is 9.48. The van der Waals surface area contributed by atoms with Crippen LogP contribution < -0.4 is 43.0 Å². The second-order valence-electron chi connectivity index (χ2n) is 9.04. The fourth-order valence-corrected chi connectivity index (χ4v) is 4.08. The van der Waals surface area contributed by atoms with E-state index in [2.05, 4.69) is 68.4 Å². The van der Waals surface area contributed by atoms with Crippen LogP contribution in [0.2, 0.25) is 0 Å². The second-order valence-corrected chi connectivity index (χ2v) is 9.04. The Bertz CT molecular complexity index is 562. The molecular weight excluding hydrogens is 376 g/mol. The number of hydrogen-bond donors (Lipinski definition) is 8. The highest BCUT2D eigenvalue weighted by Gasteiger charge is 2.30. The normalized spacial score (nSPS) is 30.5. The first-order chi connectivity index (χ1) is 14.6. The fourth-order valence-electron chi connectivity index (χ4n) is 4.08. The van der Waals surface area contributed by atoms with Gasteiger partial charge in [-0.15, -0.1) is 0 Å². The number of hydrogen-bond acceptors (Lipinski definition) is 8. The van der Waals surface area contributed by atoms with Crippen molar-refractivity contribution >= 4 is 0 Å². The van der Waals surface area contributed by atoms with E-state index in [1.807, 2.05) is 0 Å². The van der Waals surface area contributed by atoms with Crippen molar-refractivity contribution in [3.63, 3.8) is 0 Å². The molecule has 0 spiro atoms. The molecular formula is C22H42N8. The Morgan fingerprint density at radius 3 is 1.53 bits per heavy atom. The van der Waals surface area contributed by atoms with Crippen LogP contribution in [0.4, 0.5) is 0 Å². The van der Waals surface area contributed by atoms with E-state index in [0.29, 0.717) is 0 Å². The Morgan fingerprint density at radius 1 is 0.700 bits per heavy atom. The molecule has 9 N–H and O–H groups in total. The van der Waals surface area contributed by atoms with Gasteiger partial charge in [0.25, 0.3) is 0 Å². The summed E-state index contributed by atoms with van der Waals surface area (Å²) in [6.07, 6.45) is 0. The van der Waals surface area contributed by atoms with Crippen LogP contribution in [0, 0.1) is 6.92 Å². The average molecular weight is 419 g/mol. The number of fused-ring (bicyclic) bond motifs is 15. The lowest BCUT2D eigenvalue weighted by Crippen LogP contribution is -2.66. The summed E-state index contributed by atoms with van der Waals surface area (Å²) in [5.74, 6) is 0. The molecule has 1 aromatic rings. The molecule has 0 radical (unpaired) electrons. The lowest BCUT2D eigenvalue weighted by Gasteiger charge is -2.37. The zero-order valence-corrected chi connectivity index (χ0v) is 18.6. The summed E-state index contributed by atoms with van der Waals surface area (Å²) >= 11 is 0. The van der Waals surface area contributed by atoms with Gasteiger partial charge in [0.1, 0.15) is 0 Å². The molecule has 3 heterocycles. The molecule has 0 aromatic heterocycles. The third-order valence-electron chi connectivity index (χ3n) is 6.05. The average Bonchev–Trinajstić information content (AvgIpc) is 2.74. The zero-order valence-electron chi connectivity index (χ0n) is 18.6. The molecule has 8 heteroatoms. The number of nitrogens with two attached hydrogens (primary N) is 1. The summed E-state index contributed by atoms with van der Waals surface area (Å²) in [5.41, 5.74) is 8.93. The molecule has 3 aliphatic heterocycles. The van der Waals surface area contributed by atoms with Crippen molar-refractivity contribution in [2.45, 2.75) is 24.5 Å². The predicted octanol–water partition coefficient (Wildman–Crippen LogP) is -1.91. The summed E-state index contributed by atoms with van der Waals surface area (Å²) < 4.78 is 0. The van der Waals surface area contributed by atoms with Gasteiger partial charge in [0, 0.05) is 85.1 Å². The second kappa shape index (κ2) is 12.1. The van der Waals surface area contributed by atoms with Crippen LogP contribution in [0.1, 0.15) is 11.1 Å². The summed E-state index contributed by atoms with van der Waals surface area (Å²) in [6, 6.07) is 8.81. The molecule has 1 aromatic carbocycles. The largest absolute Gasteiger partial charge is 0.322 e. The quantitative estimate of drug-likeness (QED) is 0.287. The third-order valence-corrected chi connectivity index (χ3v) is 6.05. The van der Waals surface area contributed by atoms with Gasteiger partial charge >= 0.3 is 0 Å². The summed E-state index contributed by atoms with van der Waals surface area (Å²) in [5, 5.41) is 25.5. The number of nitrogens with one attached hydrogen (secondary N) is 7. The lowest BCUT2D eigenvalue weighted by molar-refractivity contribution is 0.269. The van der Waals surface area contributed by atoms with E-state index < -0.39 is 0 Å². The van der Waals surface area contributed by atoms with Crippen LogP contribution in [0.5, 0.6) is 0 Å². The van der Waals surface area contributed by atoms with Gasteiger partial charge in [0.15, 0.2) is 0 Å². The fraction of sp³-hybridized carbons (Fsp3) is 0.727. The minimum Gasteiger partial charge on any atom is -0.322 e. The van der Waals surface area contributed by atoms with Crippen LogP contribution in [-0.2, 0) is 6.54 Å². The molecule has 0 amide bonds. The maximum Gasteiger partial charge on any atom is 0.0561 e. The number of benzene rings is 1. The van der Waals surface area contributed by atoms with E-state index in [4.69, 9.17) is 5.73 Å². The topological polar surface area (TPSA) is 110 Å². The molecule has 4 rings (SSSR count). The minimum absolute atomic E-state index is 0.0727. The van der Waals surface area contributed by atoms with E-state index in [1.54, 1.807) is 0 Å². The standard InChI is InChI=1S/C22H42N8/c1-19-2-4-20(5-3-19)12-30-22-16-27-9-6-24-13-21(23,14-25-7-10-28-17-22)15-26-8-11-29-18-22/h2-5,24-30H,6-18,23H2,1H3. The van der Waals surface area contributed by atoms with Gasteiger partial charge < -0.3 is 43.0 Å². The van der Waals surface area contributed by atoms with Crippen LogP contribution >= 0.6 is 0 Å². The highest BCUT2D eigenvalue weighted by molar-refractivity contribution is 5.21. The molecule has 0 aliphatic carbocycles. The van der Waals surface area contributed by atoms with E-state index in [1.165, 1.54) is 11.1 Å². The van der Waals surface area contributed by atoms with E-state index >= 15 is 0 Å². The Hall–Kier alpha value is -1.10. The molecule has 8 nitrogen and oxygen atoms in total. The first kappa shape index (κ1) is 23.6. The van der Waals surface area contributed by atoms with Crippen LogP contribution in [-0.4, -0.2) is 89.6 Å². The smallest absolute Gasteiger partial charge is 0.0561 e. The van der Waals surface area contributed by atoms with Crippen molar-refractivity contribution in [1.29, 1.82) is 0 Å². The van der Waals surface area contributed by atoms with Gasteiger partial charge in [0.05, 0.1) is 11.1 Å². The molecule has 170 valence electrons. The molecule has 2 bridgehead atoms. The highest BCUT2D eigenvalue weighted by atomic mass is 15.1. The SMILES string of the molecule is Cc1ccc(CNC23CNCCNCC(N)(CNCCNC2)CNCCNC3)cc1. The third kappa shape index (κ3) is 7.86. The van der Waals surface area contributed by atoms with E-state index in [0.717, 1.165) is 85.1 Å². The Balaban J connectivity index is 1.70. The molecule has 3 aliphatic rings. The zero-order chi connectivity index (χ0) is 21.1. The monoisotopic (exact) mass is 418 g/mol. The van der Waals surface area contributed by atoms with Gasteiger partial charge in [-0.3, -0.25) is 0 Å². The van der Waals surface area contributed by atoms with E-state index in [-0.39, 0.29) is 11.1 Å². The summed E-state index contributed by atoms with van der Waals surface area (Å²) in [4.78, 5) is 0. The van der Waals surface area contributed by atoms with Crippen molar-refractivity contribution in [1.82, 2.24) is 37.2 Å². The van der Waals surface area contributed by atoms with Crippen molar-refractivity contribution in [3.05, 3.63) is 35.4 Å². The van der Waals surface area contributed by atoms with Crippen molar-refractivity contribution < 1.29 is 0 Å². The van der Waals surface area contributed by atoms with Crippen molar-refractivity contribution in [3.8, 4) is 0 Å². The Morgan fingerprint density at radius 2 is 1.10 bits per heavy atom. The molecule has 3 fully saturated rings. The molecule has 30 heavy (non-hydrogen) atoms. The number of aryl methyl sites for hydroxylation is 1. The lowest BCUT2D eigenvalue weighted by atomic mass is 9.97. The first-order valence-electron chi connectivity index (χ1n) is 11.4. The van der Waals surface area contributed by atoms with E-state index in [9.17, 15) is 0 Å². The van der Waals surface area contributed by atoms with Gasteiger partial charge in [0.2, 0.25) is 0 Å². The maximum absolute atomic E-state index is 6.67. The maximum atomic E-state index is 6.67. The van der Waals surface area contributed by atoms with Gasteiger partial charge in [-0.25, -0.2) is 0 Å². The Labute approximate surface area is 181 Å². The van der Waals surface area contributed by atoms with Gasteiger partial charge in [-0.1, -0.05) is 29.8 Å². The molecule has 0 atom stereocenters. The molecule has 0 unspecified atom stereocenters.